The average Bonchev–Trinajstić information content (AvgIpc) is 2.03. The van der Waals surface area contributed by atoms with Gasteiger partial charge >= 0.3 is 5.97 Å². The third kappa shape index (κ3) is 3.71. The molecule has 0 unspecified atom stereocenters. The summed E-state index contributed by atoms with van der Waals surface area (Å²) in [5, 5.41) is 11.4. The molecule has 1 aromatic heterocycles. The van der Waals surface area contributed by atoms with E-state index in [1.54, 1.807) is 0 Å². The Balaban J connectivity index is 2.41. The van der Waals surface area contributed by atoms with Crippen molar-refractivity contribution in [2.24, 2.45) is 0 Å². The standard InChI is InChI=1S/C7H8ClN3O2/c8-5-3-9-4-6(11-5)10-2-1-7(12)13/h3-4H,1-2H2,(H,10,11)(H,12,13). The second kappa shape index (κ2) is 4.61. The molecule has 0 aliphatic rings. The third-order valence-electron chi connectivity index (χ3n) is 1.25. The summed E-state index contributed by atoms with van der Waals surface area (Å²) in [7, 11) is 0. The highest BCUT2D eigenvalue weighted by Gasteiger charge is 1.98. The maximum atomic E-state index is 10.2. The van der Waals surface area contributed by atoms with Gasteiger partial charge in [0.1, 0.15) is 11.0 Å². The van der Waals surface area contributed by atoms with Gasteiger partial charge in [-0.2, -0.15) is 0 Å². The molecule has 0 atom stereocenters. The van der Waals surface area contributed by atoms with Crippen molar-refractivity contribution in [3.8, 4) is 0 Å². The van der Waals surface area contributed by atoms with Crippen LogP contribution in [-0.2, 0) is 4.79 Å². The number of rotatable bonds is 4. The van der Waals surface area contributed by atoms with E-state index >= 15 is 0 Å². The Labute approximate surface area is 79.8 Å². The lowest BCUT2D eigenvalue weighted by Gasteiger charge is -2.01. The summed E-state index contributed by atoms with van der Waals surface area (Å²) in [4.78, 5) is 17.8. The van der Waals surface area contributed by atoms with Crippen LogP contribution in [0.25, 0.3) is 0 Å². The molecule has 0 saturated carbocycles. The molecular weight excluding hydrogens is 194 g/mol. The molecule has 0 amide bonds. The first-order valence-electron chi connectivity index (χ1n) is 3.61. The van der Waals surface area contributed by atoms with Gasteiger partial charge in [0.25, 0.3) is 0 Å². The van der Waals surface area contributed by atoms with Crippen LogP contribution in [0.2, 0.25) is 5.15 Å². The Morgan fingerprint density at radius 1 is 1.62 bits per heavy atom. The molecule has 5 nitrogen and oxygen atoms in total. The van der Waals surface area contributed by atoms with Gasteiger partial charge in [0, 0.05) is 6.54 Å². The molecule has 13 heavy (non-hydrogen) atoms. The predicted octanol–water partition coefficient (Wildman–Crippen LogP) is 1.02. The lowest BCUT2D eigenvalue weighted by Crippen LogP contribution is -2.08. The van der Waals surface area contributed by atoms with Crippen molar-refractivity contribution in [2.45, 2.75) is 6.42 Å². The Bertz CT molecular complexity index is 306. The van der Waals surface area contributed by atoms with E-state index in [4.69, 9.17) is 16.7 Å². The second-order valence-corrected chi connectivity index (χ2v) is 2.68. The van der Waals surface area contributed by atoms with Gasteiger partial charge < -0.3 is 10.4 Å². The van der Waals surface area contributed by atoms with Crippen molar-refractivity contribution < 1.29 is 9.90 Å². The van der Waals surface area contributed by atoms with Crippen molar-refractivity contribution in [3.05, 3.63) is 17.5 Å². The lowest BCUT2D eigenvalue weighted by molar-refractivity contribution is -0.136. The van der Waals surface area contributed by atoms with E-state index in [1.165, 1.54) is 12.4 Å². The van der Waals surface area contributed by atoms with Crippen molar-refractivity contribution >= 4 is 23.4 Å². The predicted molar refractivity (Wildman–Crippen MR) is 47.8 cm³/mol. The minimum Gasteiger partial charge on any atom is -0.481 e. The van der Waals surface area contributed by atoms with E-state index in [0.29, 0.717) is 12.4 Å². The first-order chi connectivity index (χ1) is 6.18. The molecule has 2 N–H and O–H groups in total. The largest absolute Gasteiger partial charge is 0.481 e. The molecule has 0 spiro atoms. The smallest absolute Gasteiger partial charge is 0.305 e. The molecule has 0 saturated heterocycles. The van der Waals surface area contributed by atoms with E-state index in [0.717, 1.165) is 0 Å². The maximum absolute atomic E-state index is 10.2. The highest BCUT2D eigenvalue weighted by Crippen LogP contribution is 2.06. The SMILES string of the molecule is O=C(O)CCNc1cncc(Cl)n1. The van der Waals surface area contributed by atoms with Crippen LogP contribution in [-0.4, -0.2) is 27.6 Å². The molecule has 1 aromatic rings. The fourth-order valence-corrected chi connectivity index (χ4v) is 0.872. The Morgan fingerprint density at radius 3 is 3.00 bits per heavy atom. The number of halogens is 1. The van der Waals surface area contributed by atoms with Crippen LogP contribution in [0.4, 0.5) is 5.82 Å². The van der Waals surface area contributed by atoms with Crippen LogP contribution in [0.3, 0.4) is 0 Å². The quantitative estimate of drug-likeness (QED) is 0.761. The summed E-state index contributed by atoms with van der Waals surface area (Å²) >= 11 is 5.56. The molecule has 70 valence electrons. The van der Waals surface area contributed by atoms with Gasteiger partial charge in [-0.3, -0.25) is 9.78 Å². The number of anilines is 1. The number of aliphatic carboxylic acids is 1. The number of carboxylic acid groups (broad SMARTS) is 1. The third-order valence-corrected chi connectivity index (χ3v) is 1.43. The average molecular weight is 202 g/mol. The van der Waals surface area contributed by atoms with E-state index in [9.17, 15) is 4.79 Å². The number of hydrogen-bond donors (Lipinski definition) is 2. The molecule has 0 radical (unpaired) electrons. The van der Waals surface area contributed by atoms with Crippen LogP contribution >= 0.6 is 11.6 Å². The van der Waals surface area contributed by atoms with Gasteiger partial charge in [0.2, 0.25) is 0 Å². The van der Waals surface area contributed by atoms with Gasteiger partial charge in [0.05, 0.1) is 18.8 Å². The van der Waals surface area contributed by atoms with E-state index in [2.05, 4.69) is 15.3 Å². The Morgan fingerprint density at radius 2 is 2.38 bits per heavy atom. The molecule has 6 heteroatoms. The first kappa shape index (κ1) is 9.73. The molecule has 0 aliphatic heterocycles. The number of carbonyl (C=O) groups is 1. The van der Waals surface area contributed by atoms with Crippen LogP contribution in [0.15, 0.2) is 12.4 Å². The van der Waals surface area contributed by atoms with Gasteiger partial charge in [-0.25, -0.2) is 4.98 Å². The van der Waals surface area contributed by atoms with Crippen molar-refractivity contribution in [2.75, 3.05) is 11.9 Å². The van der Waals surface area contributed by atoms with Crippen molar-refractivity contribution in [3.63, 3.8) is 0 Å². The number of nitrogens with zero attached hydrogens (tertiary/aromatic N) is 2. The van der Waals surface area contributed by atoms with Gasteiger partial charge in [-0.1, -0.05) is 11.6 Å². The molecule has 1 heterocycles. The molecular formula is C7H8ClN3O2. The summed E-state index contributed by atoms with van der Waals surface area (Å²) in [6, 6.07) is 0. The van der Waals surface area contributed by atoms with Crippen LogP contribution in [0, 0.1) is 0 Å². The molecule has 0 aliphatic carbocycles. The summed E-state index contributed by atoms with van der Waals surface area (Å²) < 4.78 is 0. The van der Waals surface area contributed by atoms with E-state index < -0.39 is 5.97 Å². The minimum absolute atomic E-state index is 0.0359. The number of aromatic nitrogens is 2. The molecule has 1 rings (SSSR count). The zero-order chi connectivity index (χ0) is 9.68. The van der Waals surface area contributed by atoms with Crippen LogP contribution in [0.5, 0.6) is 0 Å². The number of carboxylic acids is 1. The number of nitrogens with one attached hydrogen (secondary N) is 1. The zero-order valence-corrected chi connectivity index (χ0v) is 7.45. The Hall–Kier alpha value is -1.36. The van der Waals surface area contributed by atoms with E-state index in [1.807, 2.05) is 0 Å². The Kier molecular flexibility index (Phi) is 3.45. The van der Waals surface area contributed by atoms with E-state index in [-0.39, 0.29) is 11.6 Å². The fourth-order valence-electron chi connectivity index (χ4n) is 0.725. The summed E-state index contributed by atoms with van der Waals surface area (Å²) in [6.45, 7) is 0.310. The minimum atomic E-state index is -0.859. The summed E-state index contributed by atoms with van der Waals surface area (Å²) in [6.07, 6.45) is 2.92. The van der Waals surface area contributed by atoms with Crippen molar-refractivity contribution in [1.82, 2.24) is 9.97 Å². The fraction of sp³-hybridized carbons (Fsp3) is 0.286. The topological polar surface area (TPSA) is 75.1 Å². The highest BCUT2D eigenvalue weighted by molar-refractivity contribution is 6.29. The molecule has 0 fully saturated rings. The normalized spacial score (nSPS) is 9.62. The summed E-state index contributed by atoms with van der Waals surface area (Å²) in [5.41, 5.74) is 0. The monoisotopic (exact) mass is 201 g/mol. The van der Waals surface area contributed by atoms with Crippen LogP contribution < -0.4 is 5.32 Å². The van der Waals surface area contributed by atoms with Gasteiger partial charge in [-0.05, 0) is 0 Å². The lowest BCUT2D eigenvalue weighted by atomic mass is 10.4. The zero-order valence-electron chi connectivity index (χ0n) is 6.70. The molecule has 0 bridgehead atoms. The summed E-state index contributed by atoms with van der Waals surface area (Å²) in [5.74, 6) is -0.378. The van der Waals surface area contributed by atoms with Crippen LogP contribution in [0.1, 0.15) is 6.42 Å². The number of hydrogen-bond acceptors (Lipinski definition) is 4. The van der Waals surface area contributed by atoms with Crippen molar-refractivity contribution in [1.29, 1.82) is 0 Å². The van der Waals surface area contributed by atoms with Gasteiger partial charge in [0.15, 0.2) is 0 Å². The maximum Gasteiger partial charge on any atom is 0.305 e. The first-order valence-corrected chi connectivity index (χ1v) is 3.99. The highest BCUT2D eigenvalue weighted by atomic mass is 35.5. The van der Waals surface area contributed by atoms with Gasteiger partial charge in [-0.15, -0.1) is 0 Å². The molecule has 0 aromatic carbocycles. The second-order valence-electron chi connectivity index (χ2n) is 2.30.